The lowest BCUT2D eigenvalue weighted by molar-refractivity contribution is -0.146. The number of benzene rings is 1. The molecule has 6 nitrogen and oxygen atoms in total. The van der Waals surface area contributed by atoms with Crippen LogP contribution in [0.1, 0.15) is 18.4 Å². The summed E-state index contributed by atoms with van der Waals surface area (Å²) in [4.78, 5) is 20.6. The number of guanidine groups is 1. The van der Waals surface area contributed by atoms with Gasteiger partial charge in [0.15, 0.2) is 5.96 Å². The van der Waals surface area contributed by atoms with Crippen LogP contribution in [0.3, 0.4) is 0 Å². The van der Waals surface area contributed by atoms with Crippen LogP contribution in [-0.4, -0.2) is 75.7 Å². The minimum atomic E-state index is -0.0943. The number of likely N-dealkylation sites (tertiary alicyclic amines) is 1. The molecule has 0 radical (unpaired) electrons. The number of hydrogen-bond acceptors (Lipinski definition) is 4. The van der Waals surface area contributed by atoms with Crippen molar-refractivity contribution >= 4 is 11.9 Å². The molecular weight excluding hydrogens is 328 g/mol. The van der Waals surface area contributed by atoms with E-state index in [1.807, 2.05) is 13.1 Å². The number of carbonyl (C=O) groups excluding carboxylic acids is 1. The predicted octanol–water partition coefficient (Wildman–Crippen LogP) is 1.62. The Bertz CT molecular complexity index is 581. The van der Waals surface area contributed by atoms with E-state index in [-0.39, 0.29) is 11.9 Å². The van der Waals surface area contributed by atoms with Gasteiger partial charge in [-0.2, -0.15) is 0 Å². The Hall–Kier alpha value is -2.08. The topological polar surface area (TPSA) is 57.2 Å². The maximum absolute atomic E-state index is 11.7. The van der Waals surface area contributed by atoms with Crippen LogP contribution in [0.2, 0.25) is 0 Å². The molecule has 1 saturated heterocycles. The van der Waals surface area contributed by atoms with Crippen LogP contribution in [0.15, 0.2) is 35.3 Å². The number of nitrogens with zero attached hydrogens (tertiary/aromatic N) is 3. The summed E-state index contributed by atoms with van der Waals surface area (Å²) in [5.74, 6) is 0.832. The fourth-order valence-electron chi connectivity index (χ4n) is 3.36. The first-order chi connectivity index (χ1) is 12.5. The number of carbonyl (C=O) groups is 1. The van der Waals surface area contributed by atoms with Gasteiger partial charge in [0, 0.05) is 32.7 Å². The number of aliphatic imine (C=N–C) groups is 1. The fraction of sp³-hybridized carbons (Fsp3) is 0.600. The average molecular weight is 361 g/mol. The average Bonchev–Trinajstić information content (AvgIpc) is 2.68. The van der Waals surface area contributed by atoms with Gasteiger partial charge in [-0.15, -0.1) is 0 Å². The summed E-state index contributed by atoms with van der Waals surface area (Å²) < 4.78 is 4.86. The normalized spacial score (nSPS) is 17.3. The summed E-state index contributed by atoms with van der Waals surface area (Å²) in [7, 11) is 7.50. The highest BCUT2D eigenvalue weighted by Crippen LogP contribution is 2.18. The zero-order valence-corrected chi connectivity index (χ0v) is 16.4. The number of piperidine rings is 1. The molecule has 0 aromatic heterocycles. The molecule has 1 atom stereocenters. The second-order valence-electron chi connectivity index (χ2n) is 7.02. The first-order valence-corrected chi connectivity index (χ1v) is 9.29. The van der Waals surface area contributed by atoms with Crippen molar-refractivity contribution in [2.75, 3.05) is 47.9 Å². The van der Waals surface area contributed by atoms with Gasteiger partial charge in [0.2, 0.25) is 0 Å². The monoisotopic (exact) mass is 360 g/mol. The molecule has 0 spiro atoms. The van der Waals surface area contributed by atoms with Crippen molar-refractivity contribution in [3.8, 4) is 0 Å². The SMILES string of the molecule is CN=C(NCC(Cc1ccccc1)N(C)C)N1CCC(C(=O)OC)CC1. The summed E-state index contributed by atoms with van der Waals surface area (Å²) >= 11 is 0. The number of rotatable bonds is 6. The van der Waals surface area contributed by atoms with Crippen molar-refractivity contribution in [3.05, 3.63) is 35.9 Å². The molecule has 144 valence electrons. The fourth-order valence-corrected chi connectivity index (χ4v) is 3.36. The molecule has 0 amide bonds. The highest BCUT2D eigenvalue weighted by Gasteiger charge is 2.27. The number of ether oxygens (including phenoxy) is 1. The number of likely N-dealkylation sites (N-methyl/N-ethyl adjacent to an activating group) is 1. The van der Waals surface area contributed by atoms with E-state index >= 15 is 0 Å². The summed E-state index contributed by atoms with van der Waals surface area (Å²) in [5.41, 5.74) is 1.34. The van der Waals surface area contributed by atoms with Crippen molar-refractivity contribution in [1.29, 1.82) is 0 Å². The van der Waals surface area contributed by atoms with Crippen molar-refractivity contribution in [2.45, 2.75) is 25.3 Å². The Labute approximate surface area is 157 Å². The van der Waals surface area contributed by atoms with E-state index in [0.717, 1.165) is 44.9 Å². The molecule has 1 aliphatic heterocycles. The van der Waals surface area contributed by atoms with E-state index in [0.29, 0.717) is 6.04 Å². The maximum Gasteiger partial charge on any atom is 0.308 e. The lowest BCUT2D eigenvalue weighted by Crippen LogP contribution is -2.50. The van der Waals surface area contributed by atoms with Gasteiger partial charge in [-0.3, -0.25) is 9.79 Å². The lowest BCUT2D eigenvalue weighted by Gasteiger charge is -2.34. The zero-order chi connectivity index (χ0) is 18.9. The first-order valence-electron chi connectivity index (χ1n) is 9.29. The van der Waals surface area contributed by atoms with E-state index < -0.39 is 0 Å². The zero-order valence-electron chi connectivity index (χ0n) is 16.4. The molecule has 1 fully saturated rings. The Balaban J connectivity index is 1.88. The highest BCUT2D eigenvalue weighted by atomic mass is 16.5. The quantitative estimate of drug-likeness (QED) is 0.475. The van der Waals surface area contributed by atoms with Crippen LogP contribution >= 0.6 is 0 Å². The van der Waals surface area contributed by atoms with Crippen LogP contribution in [0.25, 0.3) is 0 Å². The van der Waals surface area contributed by atoms with Gasteiger partial charge < -0.3 is 19.9 Å². The maximum atomic E-state index is 11.7. The van der Waals surface area contributed by atoms with Crippen LogP contribution in [0, 0.1) is 5.92 Å². The molecule has 1 unspecified atom stereocenters. The molecule has 1 aromatic rings. The van der Waals surface area contributed by atoms with Crippen molar-refractivity contribution in [2.24, 2.45) is 10.9 Å². The van der Waals surface area contributed by atoms with Crippen LogP contribution in [0.4, 0.5) is 0 Å². The standard InChI is InChI=1S/C20H32N4O2/c1-21-20(24-12-10-17(11-13-24)19(25)26-4)22-15-18(23(2)3)14-16-8-6-5-7-9-16/h5-9,17-18H,10-15H2,1-4H3,(H,21,22). The van der Waals surface area contributed by atoms with E-state index in [4.69, 9.17) is 4.74 Å². The molecule has 6 heteroatoms. The highest BCUT2D eigenvalue weighted by molar-refractivity contribution is 5.80. The van der Waals surface area contributed by atoms with Gasteiger partial charge >= 0.3 is 5.97 Å². The third kappa shape index (κ3) is 5.73. The molecule has 1 heterocycles. The minimum absolute atomic E-state index is 0.0157. The molecule has 0 bridgehead atoms. The summed E-state index contributed by atoms with van der Waals surface area (Å²) in [5, 5.41) is 3.52. The summed E-state index contributed by atoms with van der Waals surface area (Å²) in [6, 6.07) is 10.9. The smallest absolute Gasteiger partial charge is 0.308 e. The van der Waals surface area contributed by atoms with Crippen LogP contribution in [0.5, 0.6) is 0 Å². The summed E-state index contributed by atoms with van der Waals surface area (Å²) in [6.07, 6.45) is 2.62. The van der Waals surface area contributed by atoms with E-state index in [9.17, 15) is 4.79 Å². The molecule has 0 saturated carbocycles. The summed E-state index contributed by atoms with van der Waals surface area (Å²) in [6.45, 7) is 2.47. The van der Waals surface area contributed by atoms with Crippen LogP contribution < -0.4 is 5.32 Å². The largest absolute Gasteiger partial charge is 0.469 e. The molecule has 1 aromatic carbocycles. The Kier molecular flexibility index (Phi) is 7.91. The Morgan fingerprint density at radius 1 is 1.31 bits per heavy atom. The first kappa shape index (κ1) is 20.2. The lowest BCUT2D eigenvalue weighted by atomic mass is 9.97. The van der Waals surface area contributed by atoms with Gasteiger partial charge in [0.1, 0.15) is 0 Å². The molecule has 1 N–H and O–H groups in total. The van der Waals surface area contributed by atoms with Gasteiger partial charge in [0.25, 0.3) is 0 Å². The van der Waals surface area contributed by atoms with Crippen molar-refractivity contribution < 1.29 is 9.53 Å². The van der Waals surface area contributed by atoms with Gasteiger partial charge in [0.05, 0.1) is 13.0 Å². The minimum Gasteiger partial charge on any atom is -0.469 e. The Morgan fingerprint density at radius 3 is 2.50 bits per heavy atom. The Morgan fingerprint density at radius 2 is 1.96 bits per heavy atom. The second kappa shape index (κ2) is 10.2. The molecule has 2 rings (SSSR count). The van der Waals surface area contributed by atoms with Gasteiger partial charge in [-0.1, -0.05) is 30.3 Å². The number of methoxy groups -OCH3 is 1. The predicted molar refractivity (Wildman–Crippen MR) is 105 cm³/mol. The molecule has 0 aliphatic carbocycles. The molecule has 26 heavy (non-hydrogen) atoms. The molecule has 1 aliphatic rings. The number of hydrogen-bond donors (Lipinski definition) is 1. The number of esters is 1. The third-order valence-corrected chi connectivity index (χ3v) is 5.08. The van der Waals surface area contributed by atoms with E-state index in [1.54, 1.807) is 0 Å². The van der Waals surface area contributed by atoms with E-state index in [2.05, 4.69) is 58.5 Å². The van der Waals surface area contributed by atoms with Gasteiger partial charge in [-0.05, 0) is 38.9 Å². The number of nitrogens with one attached hydrogen (secondary N) is 1. The van der Waals surface area contributed by atoms with E-state index in [1.165, 1.54) is 12.7 Å². The molecular formula is C20H32N4O2. The van der Waals surface area contributed by atoms with Crippen LogP contribution in [-0.2, 0) is 16.0 Å². The van der Waals surface area contributed by atoms with Crippen molar-refractivity contribution in [1.82, 2.24) is 15.1 Å². The van der Waals surface area contributed by atoms with Crippen molar-refractivity contribution in [3.63, 3.8) is 0 Å². The second-order valence-corrected chi connectivity index (χ2v) is 7.02. The third-order valence-electron chi connectivity index (χ3n) is 5.08. The van der Waals surface area contributed by atoms with Gasteiger partial charge in [-0.25, -0.2) is 0 Å².